The standard InChI is InChI=1S/C18H14FN7OS2/c1-26-15(11-6-8-20-9-7-11)22-25-18(26)28-10-14(27)21-17-24-23-16(29-17)12-4-2-3-5-13(12)19/h2-9H,10H2,1H3,(H,21,24,27). The molecule has 0 saturated heterocycles. The Morgan fingerprint density at radius 3 is 2.72 bits per heavy atom. The first-order valence-corrected chi connectivity index (χ1v) is 10.2. The second kappa shape index (κ2) is 8.45. The number of hydrogen-bond donors (Lipinski definition) is 1. The molecule has 0 aliphatic heterocycles. The lowest BCUT2D eigenvalue weighted by molar-refractivity contribution is -0.113. The van der Waals surface area contributed by atoms with E-state index in [1.54, 1.807) is 30.6 Å². The van der Waals surface area contributed by atoms with Gasteiger partial charge in [-0.15, -0.1) is 20.4 Å². The van der Waals surface area contributed by atoms with Gasteiger partial charge in [0.2, 0.25) is 11.0 Å². The molecule has 4 rings (SSSR count). The summed E-state index contributed by atoms with van der Waals surface area (Å²) in [5.41, 5.74) is 1.24. The van der Waals surface area contributed by atoms with Crippen LogP contribution in [0, 0.1) is 5.82 Å². The maximum Gasteiger partial charge on any atom is 0.236 e. The molecular formula is C18H14FN7OS2. The highest BCUT2D eigenvalue weighted by Gasteiger charge is 2.15. The highest BCUT2D eigenvalue weighted by Crippen LogP contribution is 2.28. The first-order valence-electron chi connectivity index (χ1n) is 8.42. The maximum absolute atomic E-state index is 13.8. The van der Waals surface area contributed by atoms with Crippen LogP contribution in [0.5, 0.6) is 0 Å². The average Bonchev–Trinajstić information content (AvgIpc) is 3.34. The molecule has 0 fully saturated rings. The molecule has 146 valence electrons. The fraction of sp³-hybridized carbons (Fsp3) is 0.111. The van der Waals surface area contributed by atoms with E-state index in [0.29, 0.717) is 26.7 Å². The molecule has 3 aromatic heterocycles. The summed E-state index contributed by atoms with van der Waals surface area (Å²) in [6.45, 7) is 0. The van der Waals surface area contributed by atoms with E-state index >= 15 is 0 Å². The van der Waals surface area contributed by atoms with Gasteiger partial charge in [-0.1, -0.05) is 35.2 Å². The molecule has 0 saturated carbocycles. The maximum atomic E-state index is 13.8. The average molecular weight is 427 g/mol. The quantitative estimate of drug-likeness (QED) is 0.472. The number of halogens is 1. The van der Waals surface area contributed by atoms with Crippen LogP contribution in [0.1, 0.15) is 0 Å². The van der Waals surface area contributed by atoms with Crippen LogP contribution < -0.4 is 5.32 Å². The number of nitrogens with zero attached hydrogens (tertiary/aromatic N) is 6. The number of aromatic nitrogens is 6. The lowest BCUT2D eigenvalue weighted by Gasteiger charge is -2.03. The van der Waals surface area contributed by atoms with Gasteiger partial charge in [-0.25, -0.2) is 4.39 Å². The number of thioether (sulfide) groups is 1. The van der Waals surface area contributed by atoms with Crippen LogP contribution >= 0.6 is 23.1 Å². The second-order valence-corrected chi connectivity index (χ2v) is 7.75. The molecule has 0 unspecified atom stereocenters. The molecule has 1 amide bonds. The summed E-state index contributed by atoms with van der Waals surface area (Å²) in [6.07, 6.45) is 3.36. The molecule has 29 heavy (non-hydrogen) atoms. The SMILES string of the molecule is Cn1c(SCC(=O)Nc2nnc(-c3ccccc3F)s2)nnc1-c1ccncc1. The van der Waals surface area contributed by atoms with Crippen molar-refractivity contribution in [2.24, 2.45) is 7.05 Å². The number of anilines is 1. The first-order chi connectivity index (χ1) is 14.1. The lowest BCUT2D eigenvalue weighted by atomic mass is 10.2. The predicted molar refractivity (Wildman–Crippen MR) is 109 cm³/mol. The smallest absolute Gasteiger partial charge is 0.236 e. The van der Waals surface area contributed by atoms with Gasteiger partial charge in [0, 0.05) is 30.6 Å². The summed E-state index contributed by atoms with van der Waals surface area (Å²) in [6, 6.07) is 9.97. The molecule has 0 atom stereocenters. The van der Waals surface area contributed by atoms with Crippen LogP contribution in [-0.2, 0) is 11.8 Å². The zero-order valence-electron chi connectivity index (χ0n) is 15.1. The summed E-state index contributed by atoms with van der Waals surface area (Å²) in [7, 11) is 1.83. The predicted octanol–water partition coefficient (Wildman–Crippen LogP) is 3.27. The molecule has 0 aliphatic rings. The zero-order chi connectivity index (χ0) is 20.2. The van der Waals surface area contributed by atoms with Gasteiger partial charge in [0.25, 0.3) is 0 Å². The van der Waals surface area contributed by atoms with E-state index in [4.69, 9.17) is 0 Å². The summed E-state index contributed by atoms with van der Waals surface area (Å²) in [5.74, 6) is 0.162. The highest BCUT2D eigenvalue weighted by atomic mass is 32.2. The molecule has 3 heterocycles. The summed E-state index contributed by atoms with van der Waals surface area (Å²) in [4.78, 5) is 16.2. The Morgan fingerprint density at radius 2 is 1.93 bits per heavy atom. The highest BCUT2D eigenvalue weighted by molar-refractivity contribution is 7.99. The Morgan fingerprint density at radius 1 is 1.14 bits per heavy atom. The van der Waals surface area contributed by atoms with Crippen molar-refractivity contribution in [2.45, 2.75) is 5.16 Å². The van der Waals surface area contributed by atoms with E-state index in [-0.39, 0.29) is 17.5 Å². The van der Waals surface area contributed by atoms with Gasteiger partial charge in [0.05, 0.1) is 5.75 Å². The van der Waals surface area contributed by atoms with Crippen molar-refractivity contribution in [3.63, 3.8) is 0 Å². The molecule has 0 aliphatic carbocycles. The fourth-order valence-corrected chi connectivity index (χ4v) is 3.99. The van der Waals surface area contributed by atoms with Crippen LogP contribution in [0.3, 0.4) is 0 Å². The van der Waals surface area contributed by atoms with Crippen molar-refractivity contribution in [1.82, 2.24) is 29.9 Å². The van der Waals surface area contributed by atoms with E-state index in [9.17, 15) is 9.18 Å². The zero-order valence-corrected chi connectivity index (χ0v) is 16.7. The third-order valence-corrected chi connectivity index (χ3v) is 5.77. The lowest BCUT2D eigenvalue weighted by Crippen LogP contribution is -2.14. The van der Waals surface area contributed by atoms with Crippen molar-refractivity contribution >= 4 is 34.1 Å². The van der Waals surface area contributed by atoms with Crippen LogP contribution in [-0.4, -0.2) is 41.6 Å². The fourth-order valence-electron chi connectivity index (χ4n) is 2.50. The topological polar surface area (TPSA) is 98.5 Å². The second-order valence-electron chi connectivity index (χ2n) is 5.83. The summed E-state index contributed by atoms with van der Waals surface area (Å²) in [5, 5.41) is 20.2. The summed E-state index contributed by atoms with van der Waals surface area (Å²) < 4.78 is 15.7. The Kier molecular flexibility index (Phi) is 5.58. The Bertz CT molecular complexity index is 1150. The number of carbonyl (C=O) groups excluding carboxylic acids is 1. The normalized spacial score (nSPS) is 10.8. The molecule has 0 spiro atoms. The third-order valence-electron chi connectivity index (χ3n) is 3.88. The largest absolute Gasteiger partial charge is 0.305 e. The minimum atomic E-state index is -0.385. The van der Waals surface area contributed by atoms with E-state index in [1.807, 2.05) is 23.7 Å². The van der Waals surface area contributed by atoms with Gasteiger partial charge >= 0.3 is 0 Å². The molecule has 4 aromatic rings. The Labute approximate surface area is 173 Å². The molecule has 1 aromatic carbocycles. The number of carbonyl (C=O) groups is 1. The van der Waals surface area contributed by atoms with E-state index < -0.39 is 0 Å². The van der Waals surface area contributed by atoms with Crippen molar-refractivity contribution in [3.05, 3.63) is 54.6 Å². The van der Waals surface area contributed by atoms with Gasteiger partial charge in [0.1, 0.15) is 5.82 Å². The molecular weight excluding hydrogens is 413 g/mol. The van der Waals surface area contributed by atoms with E-state index in [0.717, 1.165) is 16.9 Å². The van der Waals surface area contributed by atoms with Crippen LogP contribution in [0.2, 0.25) is 0 Å². The number of hydrogen-bond acceptors (Lipinski definition) is 8. The van der Waals surface area contributed by atoms with E-state index in [2.05, 4.69) is 30.7 Å². The van der Waals surface area contributed by atoms with Gasteiger partial charge < -0.3 is 4.57 Å². The molecule has 8 nitrogen and oxygen atoms in total. The molecule has 0 radical (unpaired) electrons. The number of amides is 1. The minimum Gasteiger partial charge on any atom is -0.305 e. The Balaban J connectivity index is 1.38. The van der Waals surface area contributed by atoms with Gasteiger partial charge in [0.15, 0.2) is 16.0 Å². The number of benzene rings is 1. The van der Waals surface area contributed by atoms with Crippen LogP contribution in [0.25, 0.3) is 22.0 Å². The molecule has 0 bridgehead atoms. The van der Waals surface area contributed by atoms with Gasteiger partial charge in [-0.2, -0.15) is 0 Å². The van der Waals surface area contributed by atoms with Crippen LogP contribution in [0.15, 0.2) is 53.9 Å². The molecule has 11 heteroatoms. The van der Waals surface area contributed by atoms with Gasteiger partial charge in [-0.05, 0) is 24.3 Å². The third kappa shape index (κ3) is 4.30. The number of pyridine rings is 1. The summed E-state index contributed by atoms with van der Waals surface area (Å²) >= 11 is 2.37. The first kappa shape index (κ1) is 19.2. The van der Waals surface area contributed by atoms with Crippen LogP contribution in [0.4, 0.5) is 9.52 Å². The van der Waals surface area contributed by atoms with Crippen molar-refractivity contribution in [2.75, 3.05) is 11.1 Å². The minimum absolute atomic E-state index is 0.122. The van der Waals surface area contributed by atoms with Gasteiger partial charge in [-0.3, -0.25) is 15.1 Å². The number of nitrogens with one attached hydrogen (secondary N) is 1. The monoisotopic (exact) mass is 427 g/mol. The Hall–Kier alpha value is -3.18. The van der Waals surface area contributed by atoms with Crippen molar-refractivity contribution < 1.29 is 9.18 Å². The van der Waals surface area contributed by atoms with E-state index in [1.165, 1.54) is 17.8 Å². The number of rotatable bonds is 6. The molecule has 1 N–H and O–H groups in total. The van der Waals surface area contributed by atoms with Crippen molar-refractivity contribution in [3.8, 4) is 22.0 Å². The van der Waals surface area contributed by atoms with Crippen molar-refractivity contribution in [1.29, 1.82) is 0 Å².